The standard InChI is InChI=1S/C17H24O3S2/c1-6-20-15(18)9-22-17(21)12-7-13(10(2)3)16(19)14(8-12)11(4)5/h7-8,10-11,19H,6,9H2,1-5H3. The van der Waals surface area contributed by atoms with Gasteiger partial charge in [0, 0.05) is 0 Å². The Bertz CT molecular complexity index is 522. The summed E-state index contributed by atoms with van der Waals surface area (Å²) in [4.78, 5) is 11.4. The molecule has 0 unspecified atom stereocenters. The van der Waals surface area contributed by atoms with E-state index in [1.165, 1.54) is 11.8 Å². The van der Waals surface area contributed by atoms with E-state index >= 15 is 0 Å². The van der Waals surface area contributed by atoms with Crippen LogP contribution in [-0.2, 0) is 9.53 Å². The average molecular weight is 341 g/mol. The van der Waals surface area contributed by atoms with Crippen molar-refractivity contribution in [2.24, 2.45) is 0 Å². The first-order valence-electron chi connectivity index (χ1n) is 7.47. The number of rotatable bonds is 6. The van der Waals surface area contributed by atoms with E-state index in [1.807, 2.05) is 39.8 Å². The zero-order valence-corrected chi connectivity index (χ0v) is 15.4. The van der Waals surface area contributed by atoms with Gasteiger partial charge in [-0.1, -0.05) is 39.9 Å². The van der Waals surface area contributed by atoms with Gasteiger partial charge in [0.1, 0.15) is 5.75 Å². The van der Waals surface area contributed by atoms with Gasteiger partial charge in [0.15, 0.2) is 0 Å². The maximum Gasteiger partial charge on any atom is 0.316 e. The van der Waals surface area contributed by atoms with Gasteiger partial charge >= 0.3 is 5.97 Å². The lowest BCUT2D eigenvalue weighted by atomic mass is 9.92. The van der Waals surface area contributed by atoms with Crippen molar-refractivity contribution < 1.29 is 14.6 Å². The maximum absolute atomic E-state index is 11.4. The van der Waals surface area contributed by atoms with Gasteiger partial charge in [0.2, 0.25) is 0 Å². The molecule has 0 fully saturated rings. The Kier molecular flexibility index (Phi) is 7.36. The number of phenolic OH excluding ortho intramolecular Hbond substituents is 1. The molecule has 1 aromatic rings. The first kappa shape index (κ1) is 19.0. The number of thiocarbonyl (C=S) groups is 1. The van der Waals surface area contributed by atoms with E-state index in [2.05, 4.69) is 0 Å². The highest BCUT2D eigenvalue weighted by molar-refractivity contribution is 8.24. The third-order valence-corrected chi connectivity index (χ3v) is 4.74. The van der Waals surface area contributed by atoms with Crippen molar-refractivity contribution in [1.29, 1.82) is 0 Å². The number of phenols is 1. The molecule has 0 aromatic heterocycles. The first-order chi connectivity index (χ1) is 10.3. The van der Waals surface area contributed by atoms with Gasteiger partial charge in [-0.3, -0.25) is 4.79 Å². The SMILES string of the molecule is CCOC(=O)CSC(=S)c1cc(C(C)C)c(O)c(C(C)C)c1. The number of thioether (sulfide) groups is 1. The second-order valence-corrected chi connectivity index (χ2v) is 7.35. The normalized spacial score (nSPS) is 11.0. The zero-order valence-electron chi connectivity index (χ0n) is 13.8. The van der Waals surface area contributed by atoms with Crippen LogP contribution < -0.4 is 0 Å². The number of hydrogen-bond acceptors (Lipinski definition) is 5. The molecule has 22 heavy (non-hydrogen) atoms. The number of hydrogen-bond donors (Lipinski definition) is 1. The van der Waals surface area contributed by atoms with E-state index in [1.54, 1.807) is 6.92 Å². The lowest BCUT2D eigenvalue weighted by Gasteiger charge is -2.17. The van der Waals surface area contributed by atoms with Crippen molar-refractivity contribution in [2.45, 2.75) is 46.5 Å². The van der Waals surface area contributed by atoms with Gasteiger partial charge in [-0.05, 0) is 47.6 Å². The summed E-state index contributed by atoms with van der Waals surface area (Å²) in [5.41, 5.74) is 2.66. The van der Waals surface area contributed by atoms with Crippen LogP contribution in [0.25, 0.3) is 0 Å². The van der Waals surface area contributed by atoms with E-state index in [0.717, 1.165) is 16.7 Å². The van der Waals surface area contributed by atoms with Gasteiger partial charge in [-0.2, -0.15) is 0 Å². The van der Waals surface area contributed by atoms with Crippen LogP contribution in [0.15, 0.2) is 12.1 Å². The molecule has 0 aliphatic carbocycles. The molecule has 1 N–H and O–H groups in total. The maximum atomic E-state index is 11.4. The minimum absolute atomic E-state index is 0.204. The Labute approximate surface area is 142 Å². The van der Waals surface area contributed by atoms with E-state index in [-0.39, 0.29) is 23.6 Å². The van der Waals surface area contributed by atoms with Crippen molar-refractivity contribution in [3.63, 3.8) is 0 Å². The van der Waals surface area contributed by atoms with Crippen molar-refractivity contribution in [3.05, 3.63) is 28.8 Å². The lowest BCUT2D eigenvalue weighted by Crippen LogP contribution is -2.09. The van der Waals surface area contributed by atoms with Gasteiger partial charge in [0.25, 0.3) is 0 Å². The van der Waals surface area contributed by atoms with Crippen LogP contribution in [0.3, 0.4) is 0 Å². The van der Waals surface area contributed by atoms with Crippen LogP contribution in [0, 0.1) is 0 Å². The Morgan fingerprint density at radius 2 is 1.73 bits per heavy atom. The molecule has 122 valence electrons. The number of benzene rings is 1. The largest absolute Gasteiger partial charge is 0.507 e. The topological polar surface area (TPSA) is 46.5 Å². The Balaban J connectivity index is 3.03. The van der Waals surface area contributed by atoms with E-state index in [0.29, 0.717) is 16.6 Å². The fourth-order valence-corrected chi connectivity index (χ4v) is 3.00. The first-order valence-corrected chi connectivity index (χ1v) is 8.86. The van der Waals surface area contributed by atoms with Crippen LogP contribution in [0.5, 0.6) is 5.75 Å². The quantitative estimate of drug-likeness (QED) is 0.605. The molecule has 5 heteroatoms. The third-order valence-electron chi connectivity index (χ3n) is 3.28. The van der Waals surface area contributed by atoms with Crippen molar-refractivity contribution in [3.8, 4) is 5.75 Å². The van der Waals surface area contributed by atoms with Crippen LogP contribution >= 0.6 is 24.0 Å². The summed E-state index contributed by atoms with van der Waals surface area (Å²) in [6, 6.07) is 3.85. The van der Waals surface area contributed by atoms with Crippen LogP contribution in [0.4, 0.5) is 0 Å². The smallest absolute Gasteiger partial charge is 0.316 e. The Morgan fingerprint density at radius 3 is 2.14 bits per heavy atom. The second-order valence-electron chi connectivity index (χ2n) is 5.69. The van der Waals surface area contributed by atoms with E-state index < -0.39 is 0 Å². The van der Waals surface area contributed by atoms with Crippen molar-refractivity contribution in [2.75, 3.05) is 12.4 Å². The highest BCUT2D eigenvalue weighted by atomic mass is 32.2. The summed E-state index contributed by atoms with van der Waals surface area (Å²) in [6.45, 7) is 10.3. The highest BCUT2D eigenvalue weighted by Crippen LogP contribution is 2.35. The van der Waals surface area contributed by atoms with Crippen molar-refractivity contribution in [1.82, 2.24) is 0 Å². The van der Waals surface area contributed by atoms with Gasteiger partial charge in [-0.15, -0.1) is 11.8 Å². The van der Waals surface area contributed by atoms with Gasteiger partial charge < -0.3 is 9.84 Å². The molecule has 1 rings (SSSR count). The second kappa shape index (κ2) is 8.53. The van der Waals surface area contributed by atoms with E-state index in [9.17, 15) is 9.90 Å². The summed E-state index contributed by atoms with van der Waals surface area (Å²) < 4.78 is 5.56. The molecule has 0 saturated heterocycles. The number of aromatic hydroxyl groups is 1. The highest BCUT2D eigenvalue weighted by Gasteiger charge is 2.17. The molecule has 0 radical (unpaired) electrons. The Morgan fingerprint density at radius 1 is 1.23 bits per heavy atom. The van der Waals surface area contributed by atoms with Crippen LogP contribution in [0.2, 0.25) is 0 Å². The fourth-order valence-electron chi connectivity index (χ4n) is 2.09. The van der Waals surface area contributed by atoms with Crippen molar-refractivity contribution >= 4 is 34.1 Å². The fraction of sp³-hybridized carbons (Fsp3) is 0.529. The molecule has 1 aromatic carbocycles. The third kappa shape index (κ3) is 4.99. The zero-order chi connectivity index (χ0) is 16.9. The van der Waals surface area contributed by atoms with Crippen LogP contribution in [0.1, 0.15) is 63.1 Å². The molecule has 0 amide bonds. The molecule has 0 saturated carbocycles. The Hall–Kier alpha value is -1.07. The number of esters is 1. The summed E-state index contributed by atoms with van der Waals surface area (Å²) in [5, 5.41) is 10.4. The van der Waals surface area contributed by atoms with Gasteiger partial charge in [-0.25, -0.2) is 0 Å². The van der Waals surface area contributed by atoms with E-state index in [4.69, 9.17) is 17.0 Å². The molecule has 3 nitrogen and oxygen atoms in total. The van der Waals surface area contributed by atoms with Crippen LogP contribution in [-0.4, -0.2) is 27.6 Å². The summed E-state index contributed by atoms with van der Waals surface area (Å²) in [7, 11) is 0. The number of ether oxygens (including phenoxy) is 1. The molecule has 0 bridgehead atoms. The minimum Gasteiger partial charge on any atom is -0.507 e. The molecular formula is C17H24O3S2. The predicted molar refractivity (Wildman–Crippen MR) is 97.1 cm³/mol. The molecule has 0 spiro atoms. The lowest BCUT2D eigenvalue weighted by molar-refractivity contribution is -0.139. The molecular weight excluding hydrogens is 316 g/mol. The predicted octanol–water partition coefficient (Wildman–Crippen LogP) is 4.61. The average Bonchev–Trinajstić information content (AvgIpc) is 2.44. The molecule has 0 heterocycles. The molecule has 0 aliphatic heterocycles. The molecule has 0 atom stereocenters. The molecule has 0 aliphatic rings. The van der Waals surface area contributed by atoms with Gasteiger partial charge in [0.05, 0.1) is 16.6 Å². The monoisotopic (exact) mass is 340 g/mol. The summed E-state index contributed by atoms with van der Waals surface area (Å²) >= 11 is 6.73. The minimum atomic E-state index is -0.262. The summed E-state index contributed by atoms with van der Waals surface area (Å²) in [5.74, 6) is 0.709. The number of carbonyl (C=O) groups is 1. The number of carbonyl (C=O) groups excluding carboxylic acids is 1. The summed E-state index contributed by atoms with van der Waals surface area (Å²) in [6.07, 6.45) is 0.